The van der Waals surface area contributed by atoms with Crippen LogP contribution in [0.15, 0.2) is 0 Å². The molecule has 3 rings (SSSR count). The molecule has 0 bridgehead atoms. The average Bonchev–Trinajstić information content (AvgIpc) is 3.01. The van der Waals surface area contributed by atoms with E-state index in [9.17, 15) is 14.7 Å². The molecule has 0 aromatic rings. The average molecular weight is 351 g/mol. The van der Waals surface area contributed by atoms with Crippen molar-refractivity contribution in [1.29, 1.82) is 0 Å². The van der Waals surface area contributed by atoms with Crippen LogP contribution in [-0.2, 0) is 9.59 Å². The summed E-state index contributed by atoms with van der Waals surface area (Å²) < 4.78 is 0. The van der Waals surface area contributed by atoms with Crippen molar-refractivity contribution in [3.63, 3.8) is 0 Å². The number of nitrogens with zero attached hydrogens (tertiary/aromatic N) is 2. The van der Waals surface area contributed by atoms with Crippen LogP contribution in [0.2, 0.25) is 0 Å². The number of carbonyl (C=O) groups excluding carboxylic acids is 2. The number of aliphatic hydroxyl groups is 1. The maximum atomic E-state index is 13.2. The van der Waals surface area contributed by atoms with Crippen molar-refractivity contribution in [3.05, 3.63) is 0 Å². The molecule has 2 aliphatic heterocycles. The van der Waals surface area contributed by atoms with E-state index >= 15 is 0 Å². The van der Waals surface area contributed by atoms with Gasteiger partial charge < -0.3 is 14.9 Å². The van der Waals surface area contributed by atoms with Crippen LogP contribution in [0.25, 0.3) is 0 Å². The molecule has 1 unspecified atom stereocenters. The van der Waals surface area contributed by atoms with Gasteiger partial charge in [-0.2, -0.15) is 0 Å². The summed E-state index contributed by atoms with van der Waals surface area (Å²) in [5, 5.41) is 9.99. The van der Waals surface area contributed by atoms with Gasteiger partial charge in [0.1, 0.15) is 5.60 Å². The highest BCUT2D eigenvalue weighted by atomic mass is 16.3. The summed E-state index contributed by atoms with van der Waals surface area (Å²) in [5.41, 5.74) is -1.75. The van der Waals surface area contributed by atoms with Gasteiger partial charge in [0.2, 0.25) is 5.91 Å². The quantitative estimate of drug-likeness (QED) is 0.848. The van der Waals surface area contributed by atoms with Gasteiger partial charge in [0.05, 0.1) is 5.41 Å². The number of rotatable bonds is 4. The molecule has 25 heavy (non-hydrogen) atoms. The zero-order valence-electron chi connectivity index (χ0n) is 15.9. The summed E-state index contributed by atoms with van der Waals surface area (Å²) in [6.45, 7) is 5.87. The Balaban J connectivity index is 1.59. The van der Waals surface area contributed by atoms with Crippen molar-refractivity contribution in [2.24, 2.45) is 11.3 Å². The largest absolute Gasteiger partial charge is 0.381 e. The Hall–Kier alpha value is -1.10. The molecule has 2 amide bonds. The molecule has 0 aromatic carbocycles. The van der Waals surface area contributed by atoms with Gasteiger partial charge in [-0.1, -0.05) is 32.1 Å². The van der Waals surface area contributed by atoms with Crippen molar-refractivity contribution >= 4 is 11.8 Å². The molecular formula is C20H34N2O3. The molecule has 0 aromatic heterocycles. The van der Waals surface area contributed by atoms with Gasteiger partial charge in [-0.15, -0.1) is 0 Å². The molecule has 142 valence electrons. The summed E-state index contributed by atoms with van der Waals surface area (Å²) in [6.07, 6.45) is 10.5. The van der Waals surface area contributed by atoms with Crippen LogP contribution < -0.4 is 0 Å². The standard InChI is InChI=1S/C20H34N2O3/c1-19(2,25)17(23)22-14-11-20(15-22)10-6-12-21(18(20)24)13-9-16-7-4-3-5-8-16/h16,25H,3-15H2,1-2H3. The summed E-state index contributed by atoms with van der Waals surface area (Å²) in [6, 6.07) is 0. The van der Waals surface area contributed by atoms with Crippen molar-refractivity contribution < 1.29 is 14.7 Å². The third-order valence-corrected chi connectivity index (χ3v) is 6.52. The predicted molar refractivity (Wildman–Crippen MR) is 96.9 cm³/mol. The third-order valence-electron chi connectivity index (χ3n) is 6.52. The van der Waals surface area contributed by atoms with Crippen molar-refractivity contribution in [3.8, 4) is 0 Å². The van der Waals surface area contributed by atoms with E-state index in [1.165, 1.54) is 46.0 Å². The van der Waals surface area contributed by atoms with Crippen LogP contribution in [0.3, 0.4) is 0 Å². The molecule has 5 heteroatoms. The molecule has 1 N–H and O–H groups in total. The highest BCUT2D eigenvalue weighted by molar-refractivity contribution is 5.88. The SMILES string of the molecule is CC(C)(O)C(=O)N1CCC2(CCCN(CCC3CCCCC3)C2=O)C1. The smallest absolute Gasteiger partial charge is 0.253 e. The van der Waals surface area contributed by atoms with Gasteiger partial charge >= 0.3 is 0 Å². The Morgan fingerprint density at radius 1 is 1.16 bits per heavy atom. The molecule has 3 fully saturated rings. The topological polar surface area (TPSA) is 60.9 Å². The molecule has 1 spiro atoms. The first-order chi connectivity index (χ1) is 11.8. The second-order valence-corrected chi connectivity index (χ2v) is 9.00. The van der Waals surface area contributed by atoms with Gasteiger partial charge in [-0.25, -0.2) is 0 Å². The predicted octanol–water partition coefficient (Wildman–Crippen LogP) is 2.57. The van der Waals surface area contributed by atoms with E-state index in [4.69, 9.17) is 0 Å². The Morgan fingerprint density at radius 2 is 1.88 bits per heavy atom. The molecule has 2 heterocycles. The lowest BCUT2D eigenvalue weighted by Gasteiger charge is -2.40. The number of hydrogen-bond donors (Lipinski definition) is 1. The summed E-state index contributed by atoms with van der Waals surface area (Å²) in [7, 11) is 0. The first-order valence-corrected chi connectivity index (χ1v) is 10.1. The summed E-state index contributed by atoms with van der Waals surface area (Å²) >= 11 is 0. The van der Waals surface area contributed by atoms with Gasteiger partial charge in [0.15, 0.2) is 0 Å². The molecular weight excluding hydrogens is 316 g/mol. The summed E-state index contributed by atoms with van der Waals surface area (Å²) in [4.78, 5) is 29.3. The normalized spacial score (nSPS) is 28.8. The van der Waals surface area contributed by atoms with Crippen LogP contribution in [0.1, 0.15) is 71.6 Å². The fraction of sp³-hybridized carbons (Fsp3) is 0.900. The number of hydrogen-bond acceptors (Lipinski definition) is 3. The first-order valence-electron chi connectivity index (χ1n) is 10.1. The number of carbonyl (C=O) groups is 2. The van der Waals surface area contributed by atoms with E-state index in [0.717, 1.165) is 44.7 Å². The lowest BCUT2D eigenvalue weighted by atomic mass is 9.78. The second-order valence-electron chi connectivity index (χ2n) is 9.00. The van der Waals surface area contributed by atoms with E-state index in [-0.39, 0.29) is 11.8 Å². The fourth-order valence-corrected chi connectivity index (χ4v) is 4.99. The van der Waals surface area contributed by atoms with Crippen LogP contribution in [0.5, 0.6) is 0 Å². The Bertz CT molecular complexity index is 508. The first kappa shape index (κ1) is 18.7. The minimum atomic E-state index is -1.36. The minimum Gasteiger partial charge on any atom is -0.381 e. The van der Waals surface area contributed by atoms with Crippen molar-refractivity contribution in [2.75, 3.05) is 26.2 Å². The number of piperidine rings is 1. The van der Waals surface area contributed by atoms with Gasteiger partial charge in [0, 0.05) is 26.2 Å². The lowest BCUT2D eigenvalue weighted by molar-refractivity contribution is -0.150. The van der Waals surface area contributed by atoms with Crippen LogP contribution >= 0.6 is 0 Å². The lowest BCUT2D eigenvalue weighted by Crippen LogP contribution is -2.52. The monoisotopic (exact) mass is 350 g/mol. The number of likely N-dealkylation sites (tertiary alicyclic amines) is 2. The van der Waals surface area contributed by atoms with Crippen molar-refractivity contribution in [1.82, 2.24) is 9.80 Å². The van der Waals surface area contributed by atoms with Crippen LogP contribution in [0.4, 0.5) is 0 Å². The molecule has 3 aliphatic rings. The van der Waals surface area contributed by atoms with Gasteiger partial charge in [0.25, 0.3) is 5.91 Å². The Kier molecular flexibility index (Phi) is 5.42. The molecule has 5 nitrogen and oxygen atoms in total. The van der Waals surface area contributed by atoms with E-state index in [1.807, 2.05) is 0 Å². The molecule has 0 radical (unpaired) electrons. The maximum Gasteiger partial charge on any atom is 0.253 e. The van der Waals surface area contributed by atoms with Gasteiger partial charge in [-0.05, 0) is 45.4 Å². The zero-order valence-corrected chi connectivity index (χ0v) is 15.9. The van der Waals surface area contributed by atoms with E-state index in [0.29, 0.717) is 13.1 Å². The van der Waals surface area contributed by atoms with Gasteiger partial charge in [-0.3, -0.25) is 9.59 Å². The Labute approximate surface area is 151 Å². The Morgan fingerprint density at radius 3 is 2.56 bits per heavy atom. The third kappa shape index (κ3) is 4.02. The highest BCUT2D eigenvalue weighted by Crippen LogP contribution is 2.41. The second kappa shape index (κ2) is 7.26. The van der Waals surface area contributed by atoms with Crippen molar-refractivity contribution in [2.45, 2.75) is 77.2 Å². The van der Waals surface area contributed by atoms with Crippen LogP contribution in [0, 0.1) is 11.3 Å². The molecule has 1 aliphatic carbocycles. The summed E-state index contributed by atoms with van der Waals surface area (Å²) in [5.74, 6) is 0.786. The molecule has 1 atom stereocenters. The minimum absolute atomic E-state index is 0.251. The molecule has 1 saturated carbocycles. The number of amides is 2. The maximum absolute atomic E-state index is 13.2. The highest BCUT2D eigenvalue weighted by Gasteiger charge is 2.50. The van der Waals surface area contributed by atoms with E-state index in [1.54, 1.807) is 4.90 Å². The van der Waals surface area contributed by atoms with Crippen LogP contribution in [-0.4, -0.2) is 58.5 Å². The van der Waals surface area contributed by atoms with E-state index < -0.39 is 11.0 Å². The fourth-order valence-electron chi connectivity index (χ4n) is 4.99. The zero-order chi connectivity index (χ0) is 18.1. The van der Waals surface area contributed by atoms with E-state index in [2.05, 4.69) is 4.90 Å². The molecule has 2 saturated heterocycles.